The van der Waals surface area contributed by atoms with E-state index in [-0.39, 0.29) is 23.6 Å². The van der Waals surface area contributed by atoms with Crippen LogP contribution < -0.4 is 5.32 Å². The van der Waals surface area contributed by atoms with Crippen molar-refractivity contribution in [3.63, 3.8) is 0 Å². The van der Waals surface area contributed by atoms with Crippen molar-refractivity contribution in [2.75, 3.05) is 18.8 Å². The van der Waals surface area contributed by atoms with Crippen LogP contribution >= 0.6 is 0 Å². The molecule has 0 aromatic rings. The summed E-state index contributed by atoms with van der Waals surface area (Å²) in [6, 6.07) is -0.141. The third kappa shape index (κ3) is 1.96. The first-order valence-electron chi connectivity index (χ1n) is 5.83. The number of piperidine rings is 1. The average molecular weight is 246 g/mol. The van der Waals surface area contributed by atoms with E-state index in [4.69, 9.17) is 0 Å². The minimum Gasteiger partial charge on any atom is -0.354 e. The quantitative estimate of drug-likeness (QED) is 0.758. The number of carbonyl (C=O) groups excluding carboxylic acids is 1. The second kappa shape index (κ2) is 4.33. The summed E-state index contributed by atoms with van der Waals surface area (Å²) < 4.78 is 25.6. The zero-order valence-corrected chi connectivity index (χ0v) is 10.3. The number of nitrogens with zero attached hydrogens (tertiary/aromatic N) is 1. The predicted molar refractivity (Wildman–Crippen MR) is 60.3 cm³/mol. The Morgan fingerprint density at radius 2 is 2.25 bits per heavy atom. The molecule has 2 atom stereocenters. The van der Waals surface area contributed by atoms with Crippen molar-refractivity contribution in [2.24, 2.45) is 5.92 Å². The molecule has 0 bridgehead atoms. The van der Waals surface area contributed by atoms with Crippen LogP contribution in [0.15, 0.2) is 0 Å². The molecule has 0 aromatic heterocycles. The minimum absolute atomic E-state index is 0.0152. The van der Waals surface area contributed by atoms with E-state index in [1.807, 2.05) is 6.92 Å². The smallest absolute Gasteiger partial charge is 0.224 e. The lowest BCUT2D eigenvalue weighted by atomic mass is 9.93. The SMILES string of the molecule is CCCS(=O)(=O)N1CCCC2C(=O)NCC21. The van der Waals surface area contributed by atoms with Crippen LogP contribution in [0.1, 0.15) is 26.2 Å². The van der Waals surface area contributed by atoms with Crippen LogP contribution in [-0.4, -0.2) is 43.5 Å². The normalized spacial score (nSPS) is 31.2. The molecule has 1 N–H and O–H groups in total. The van der Waals surface area contributed by atoms with Crippen molar-refractivity contribution in [1.29, 1.82) is 0 Å². The van der Waals surface area contributed by atoms with E-state index in [0.29, 0.717) is 19.5 Å². The van der Waals surface area contributed by atoms with Gasteiger partial charge in [-0.15, -0.1) is 0 Å². The summed E-state index contributed by atoms with van der Waals surface area (Å²) in [5.74, 6) is 0.0755. The second-order valence-electron chi connectivity index (χ2n) is 4.49. The number of fused-ring (bicyclic) bond motifs is 1. The van der Waals surface area contributed by atoms with Crippen LogP contribution in [-0.2, 0) is 14.8 Å². The Bertz CT molecular complexity index is 380. The Balaban J connectivity index is 2.19. The minimum atomic E-state index is -3.17. The molecule has 2 aliphatic rings. The Kier molecular flexibility index (Phi) is 3.21. The molecule has 2 fully saturated rings. The van der Waals surface area contributed by atoms with Gasteiger partial charge in [0, 0.05) is 13.1 Å². The van der Waals surface area contributed by atoms with Crippen LogP contribution in [0.2, 0.25) is 0 Å². The van der Waals surface area contributed by atoms with Gasteiger partial charge in [0.1, 0.15) is 0 Å². The molecule has 0 radical (unpaired) electrons. The molecule has 2 saturated heterocycles. The Morgan fingerprint density at radius 3 is 2.94 bits per heavy atom. The van der Waals surface area contributed by atoms with Gasteiger partial charge >= 0.3 is 0 Å². The molecule has 6 heteroatoms. The molecule has 2 rings (SSSR count). The fourth-order valence-electron chi connectivity index (χ4n) is 2.63. The Morgan fingerprint density at radius 1 is 1.50 bits per heavy atom. The number of hydrogen-bond acceptors (Lipinski definition) is 3. The molecule has 0 spiro atoms. The Labute approximate surface area is 96.2 Å². The lowest BCUT2D eigenvalue weighted by Gasteiger charge is -2.34. The second-order valence-corrected chi connectivity index (χ2v) is 6.53. The van der Waals surface area contributed by atoms with E-state index < -0.39 is 10.0 Å². The largest absolute Gasteiger partial charge is 0.354 e. The first-order chi connectivity index (χ1) is 7.56. The summed E-state index contributed by atoms with van der Waals surface area (Å²) in [6.07, 6.45) is 2.23. The first-order valence-corrected chi connectivity index (χ1v) is 7.44. The molecule has 92 valence electrons. The zero-order valence-electron chi connectivity index (χ0n) is 9.48. The van der Waals surface area contributed by atoms with E-state index in [9.17, 15) is 13.2 Å². The van der Waals surface area contributed by atoms with Crippen molar-refractivity contribution < 1.29 is 13.2 Å². The molecular weight excluding hydrogens is 228 g/mol. The van der Waals surface area contributed by atoms with Gasteiger partial charge in [0.05, 0.1) is 17.7 Å². The molecule has 2 heterocycles. The van der Waals surface area contributed by atoms with Gasteiger partial charge in [-0.25, -0.2) is 8.42 Å². The topological polar surface area (TPSA) is 66.5 Å². The molecule has 1 amide bonds. The standard InChI is InChI=1S/C10H18N2O3S/c1-2-6-16(14,15)12-5-3-4-8-9(12)7-11-10(8)13/h8-9H,2-7H2,1H3,(H,11,13). The fraction of sp³-hybridized carbons (Fsp3) is 0.900. The lowest BCUT2D eigenvalue weighted by Crippen LogP contribution is -2.49. The number of hydrogen-bond donors (Lipinski definition) is 1. The van der Waals surface area contributed by atoms with Gasteiger partial charge in [-0.3, -0.25) is 4.79 Å². The lowest BCUT2D eigenvalue weighted by molar-refractivity contribution is -0.123. The zero-order chi connectivity index (χ0) is 11.8. The summed E-state index contributed by atoms with van der Waals surface area (Å²) in [4.78, 5) is 11.5. The van der Waals surface area contributed by atoms with E-state index >= 15 is 0 Å². The van der Waals surface area contributed by atoms with Gasteiger partial charge in [0.2, 0.25) is 15.9 Å². The third-order valence-electron chi connectivity index (χ3n) is 3.37. The summed E-state index contributed by atoms with van der Waals surface area (Å²) in [5, 5.41) is 2.76. The highest BCUT2D eigenvalue weighted by Gasteiger charge is 2.44. The molecule has 5 nitrogen and oxygen atoms in total. The maximum atomic E-state index is 12.0. The predicted octanol–water partition coefficient (Wildman–Crippen LogP) is -0.0634. The van der Waals surface area contributed by atoms with Crippen molar-refractivity contribution in [3.8, 4) is 0 Å². The maximum absolute atomic E-state index is 12.0. The molecule has 0 aliphatic carbocycles. The van der Waals surface area contributed by atoms with Crippen LogP contribution in [0.25, 0.3) is 0 Å². The summed E-state index contributed by atoms with van der Waals surface area (Å²) in [6.45, 7) is 2.90. The van der Waals surface area contributed by atoms with Gasteiger partial charge in [0.25, 0.3) is 0 Å². The van der Waals surface area contributed by atoms with Crippen molar-refractivity contribution in [2.45, 2.75) is 32.2 Å². The molecule has 0 saturated carbocycles. The third-order valence-corrected chi connectivity index (χ3v) is 5.46. The number of rotatable bonds is 3. The first kappa shape index (κ1) is 11.9. The highest BCUT2D eigenvalue weighted by Crippen LogP contribution is 2.29. The van der Waals surface area contributed by atoms with Gasteiger partial charge in [-0.2, -0.15) is 4.31 Å². The van der Waals surface area contributed by atoms with Gasteiger partial charge in [-0.05, 0) is 19.3 Å². The summed E-state index contributed by atoms with van der Waals surface area (Å²) in [7, 11) is -3.17. The summed E-state index contributed by atoms with van der Waals surface area (Å²) >= 11 is 0. The number of amides is 1. The molecular formula is C10H18N2O3S. The Hall–Kier alpha value is -0.620. The van der Waals surface area contributed by atoms with E-state index in [1.54, 1.807) is 4.31 Å². The van der Waals surface area contributed by atoms with Crippen molar-refractivity contribution in [1.82, 2.24) is 9.62 Å². The van der Waals surface area contributed by atoms with E-state index in [1.165, 1.54) is 0 Å². The number of sulfonamides is 1. The highest BCUT2D eigenvalue weighted by molar-refractivity contribution is 7.89. The summed E-state index contributed by atoms with van der Waals surface area (Å²) in [5.41, 5.74) is 0. The monoisotopic (exact) mass is 246 g/mol. The molecule has 0 aromatic carbocycles. The van der Waals surface area contributed by atoms with Crippen LogP contribution in [0.4, 0.5) is 0 Å². The number of carbonyl (C=O) groups is 1. The number of nitrogens with one attached hydrogen (secondary N) is 1. The van der Waals surface area contributed by atoms with E-state index in [2.05, 4.69) is 5.32 Å². The van der Waals surface area contributed by atoms with Gasteiger partial charge < -0.3 is 5.32 Å². The van der Waals surface area contributed by atoms with Crippen molar-refractivity contribution in [3.05, 3.63) is 0 Å². The average Bonchev–Trinajstić information content (AvgIpc) is 2.60. The van der Waals surface area contributed by atoms with Crippen LogP contribution in [0, 0.1) is 5.92 Å². The van der Waals surface area contributed by atoms with Gasteiger partial charge in [-0.1, -0.05) is 6.92 Å². The molecule has 2 aliphatic heterocycles. The van der Waals surface area contributed by atoms with Crippen molar-refractivity contribution >= 4 is 15.9 Å². The van der Waals surface area contributed by atoms with Gasteiger partial charge in [0.15, 0.2) is 0 Å². The van der Waals surface area contributed by atoms with Crippen LogP contribution in [0.5, 0.6) is 0 Å². The highest BCUT2D eigenvalue weighted by atomic mass is 32.2. The van der Waals surface area contributed by atoms with E-state index in [0.717, 1.165) is 12.8 Å². The molecule has 16 heavy (non-hydrogen) atoms. The fourth-order valence-corrected chi connectivity index (χ4v) is 4.42. The molecule has 2 unspecified atom stereocenters. The maximum Gasteiger partial charge on any atom is 0.224 e. The van der Waals surface area contributed by atoms with Crippen LogP contribution in [0.3, 0.4) is 0 Å².